The van der Waals surface area contributed by atoms with Crippen LogP contribution in [0.3, 0.4) is 0 Å². The normalized spacial score (nSPS) is 36.7. The largest absolute Gasteiger partial charge is 0.370 e. The first-order valence-corrected chi connectivity index (χ1v) is 12.9. The number of aryl methyl sites for hydroxylation is 1. The second kappa shape index (κ2) is 6.93. The summed E-state index contributed by atoms with van der Waals surface area (Å²) in [5.74, 6) is 0.928. The van der Waals surface area contributed by atoms with Crippen LogP contribution >= 0.6 is 0 Å². The average Bonchev–Trinajstić information content (AvgIpc) is 3.66. The highest BCUT2D eigenvalue weighted by Crippen LogP contribution is 2.64. The molecule has 0 aromatic heterocycles. The van der Waals surface area contributed by atoms with E-state index >= 15 is 0 Å². The van der Waals surface area contributed by atoms with Crippen molar-refractivity contribution in [3.63, 3.8) is 0 Å². The molecule has 4 bridgehead atoms. The number of rotatable bonds is 4. The summed E-state index contributed by atoms with van der Waals surface area (Å²) in [6.45, 7) is 5.25. The van der Waals surface area contributed by atoms with E-state index in [0.717, 1.165) is 50.1 Å². The summed E-state index contributed by atoms with van der Waals surface area (Å²) in [7, 11) is 0. The van der Waals surface area contributed by atoms with Gasteiger partial charge in [-0.15, -0.1) is 0 Å². The molecule has 1 N–H and O–H groups in total. The van der Waals surface area contributed by atoms with Crippen LogP contribution in [0.25, 0.3) is 0 Å². The Hall–Kier alpha value is -2.17. The van der Waals surface area contributed by atoms with Crippen molar-refractivity contribution in [3.05, 3.63) is 70.8 Å². The molecule has 6 aliphatic rings. The maximum atomic E-state index is 13.2. The van der Waals surface area contributed by atoms with Gasteiger partial charge in [-0.25, -0.2) is 0 Å². The molecule has 172 valence electrons. The molecule has 1 spiro atoms. The van der Waals surface area contributed by atoms with Gasteiger partial charge in [-0.05, 0) is 87.6 Å². The van der Waals surface area contributed by atoms with Crippen molar-refractivity contribution >= 4 is 5.91 Å². The van der Waals surface area contributed by atoms with Gasteiger partial charge in [0.2, 0.25) is 0 Å². The van der Waals surface area contributed by atoms with E-state index < -0.39 is 0 Å². The Labute approximate surface area is 196 Å². The minimum absolute atomic E-state index is 0.00219. The molecule has 3 aliphatic heterocycles. The summed E-state index contributed by atoms with van der Waals surface area (Å²) in [6, 6.07) is 17.2. The van der Waals surface area contributed by atoms with Crippen molar-refractivity contribution in [1.82, 2.24) is 10.2 Å². The lowest BCUT2D eigenvalue weighted by atomic mass is 9.45. The molecule has 33 heavy (non-hydrogen) atoms. The second-order valence-corrected chi connectivity index (χ2v) is 11.6. The second-order valence-electron chi connectivity index (χ2n) is 11.6. The van der Waals surface area contributed by atoms with Crippen LogP contribution in [0.5, 0.6) is 0 Å². The van der Waals surface area contributed by atoms with Gasteiger partial charge >= 0.3 is 0 Å². The standard InChI is InChI=1S/C29H34N2O2/c1-20-7-10-23-16-25-29-12-11-27(19-33-29,30-26(32)22-5-3-2-4-6-22)18-28(29,24(23)15-20)13-14-31(25)17-21-8-9-21/h2-7,10,15,21,25H,8-9,11-14,16-19H2,1H3,(H,30,32)/t25-,27?,28-,29-/m1/s1. The fourth-order valence-electron chi connectivity index (χ4n) is 7.92. The molecule has 2 aromatic carbocycles. The predicted molar refractivity (Wildman–Crippen MR) is 128 cm³/mol. The van der Waals surface area contributed by atoms with Crippen LogP contribution in [0, 0.1) is 12.8 Å². The summed E-state index contributed by atoms with van der Waals surface area (Å²) in [4.78, 5) is 16.0. The molecule has 1 unspecified atom stereocenters. The minimum Gasteiger partial charge on any atom is -0.370 e. The molecule has 4 heteroatoms. The fraction of sp³-hybridized carbons (Fsp3) is 0.552. The summed E-state index contributed by atoms with van der Waals surface area (Å²) in [5, 5.41) is 3.49. The van der Waals surface area contributed by atoms with E-state index in [-0.39, 0.29) is 22.5 Å². The van der Waals surface area contributed by atoms with Crippen molar-refractivity contribution in [2.75, 3.05) is 19.7 Å². The van der Waals surface area contributed by atoms with Crippen molar-refractivity contribution in [2.24, 2.45) is 5.92 Å². The Kier molecular flexibility index (Phi) is 4.24. The highest BCUT2D eigenvalue weighted by Gasteiger charge is 2.71. The number of carbonyl (C=O) groups excluding carboxylic acids is 1. The first-order chi connectivity index (χ1) is 16.0. The molecule has 2 saturated carbocycles. The number of ether oxygens (including phenoxy) is 1. The van der Waals surface area contributed by atoms with Gasteiger partial charge in [-0.1, -0.05) is 42.0 Å². The average molecular weight is 443 g/mol. The zero-order chi connectivity index (χ0) is 22.3. The number of benzene rings is 2. The van der Waals surface area contributed by atoms with Gasteiger partial charge in [0, 0.05) is 23.6 Å². The SMILES string of the molecule is Cc1ccc2c(c1)[C@]13CCN(CC4CC4)[C@H](C2)[C@]12CCC(NC(=O)c1ccccc1)(CO2)C3. The fourth-order valence-corrected chi connectivity index (χ4v) is 7.92. The number of hydrogen-bond donors (Lipinski definition) is 1. The summed E-state index contributed by atoms with van der Waals surface area (Å²) in [6.07, 6.45) is 8.09. The van der Waals surface area contributed by atoms with Crippen molar-refractivity contribution in [3.8, 4) is 0 Å². The molecule has 0 radical (unpaired) electrons. The molecule has 4 atom stereocenters. The highest BCUT2D eigenvalue weighted by atomic mass is 16.5. The van der Waals surface area contributed by atoms with Gasteiger partial charge in [-0.2, -0.15) is 0 Å². The number of nitrogens with zero attached hydrogens (tertiary/aromatic N) is 1. The van der Waals surface area contributed by atoms with Crippen LogP contribution in [0.15, 0.2) is 48.5 Å². The number of amides is 1. The van der Waals surface area contributed by atoms with Crippen LogP contribution in [-0.2, 0) is 16.6 Å². The van der Waals surface area contributed by atoms with Gasteiger partial charge in [0.25, 0.3) is 5.91 Å². The molecule has 3 aliphatic carbocycles. The molecular formula is C29H34N2O2. The Morgan fingerprint density at radius 2 is 1.97 bits per heavy atom. The lowest BCUT2D eigenvalue weighted by Crippen LogP contribution is -2.81. The van der Waals surface area contributed by atoms with E-state index in [4.69, 9.17) is 4.74 Å². The van der Waals surface area contributed by atoms with Gasteiger partial charge in [-0.3, -0.25) is 9.69 Å². The molecule has 4 nitrogen and oxygen atoms in total. The summed E-state index contributed by atoms with van der Waals surface area (Å²) in [5.41, 5.74) is 4.71. The van der Waals surface area contributed by atoms with Gasteiger partial charge in [0.05, 0.1) is 17.7 Å². The van der Waals surface area contributed by atoms with Crippen molar-refractivity contribution < 1.29 is 9.53 Å². The van der Waals surface area contributed by atoms with E-state index in [2.05, 4.69) is 35.3 Å². The topological polar surface area (TPSA) is 41.6 Å². The highest BCUT2D eigenvalue weighted by molar-refractivity contribution is 5.94. The molecule has 8 rings (SSSR count). The number of carbonyl (C=O) groups is 1. The Balaban J connectivity index is 1.29. The number of fused-ring (bicyclic) bond motifs is 3. The summed E-state index contributed by atoms with van der Waals surface area (Å²) >= 11 is 0. The zero-order valence-electron chi connectivity index (χ0n) is 19.6. The van der Waals surface area contributed by atoms with Crippen LogP contribution in [0.4, 0.5) is 0 Å². The number of piperidine rings is 1. The zero-order valence-corrected chi connectivity index (χ0v) is 19.6. The molecule has 1 amide bonds. The third-order valence-electron chi connectivity index (χ3n) is 9.63. The van der Waals surface area contributed by atoms with E-state index in [1.54, 1.807) is 0 Å². The van der Waals surface area contributed by atoms with Crippen LogP contribution in [0.1, 0.15) is 65.6 Å². The number of hydrogen-bond acceptors (Lipinski definition) is 3. The monoisotopic (exact) mass is 442 g/mol. The minimum atomic E-state index is -0.282. The molecule has 3 heterocycles. The predicted octanol–water partition coefficient (Wildman–Crippen LogP) is 4.39. The van der Waals surface area contributed by atoms with Gasteiger partial charge in [0.1, 0.15) is 0 Å². The van der Waals surface area contributed by atoms with Crippen LogP contribution < -0.4 is 5.32 Å². The first kappa shape index (κ1) is 20.2. The Morgan fingerprint density at radius 3 is 2.73 bits per heavy atom. The molecule has 3 saturated heterocycles. The van der Waals surface area contributed by atoms with Crippen LogP contribution in [-0.4, -0.2) is 47.7 Å². The molecular weight excluding hydrogens is 408 g/mol. The van der Waals surface area contributed by atoms with Gasteiger partial charge in [0.15, 0.2) is 0 Å². The summed E-state index contributed by atoms with van der Waals surface area (Å²) < 4.78 is 7.04. The van der Waals surface area contributed by atoms with E-state index in [1.807, 2.05) is 30.3 Å². The lowest BCUT2D eigenvalue weighted by molar-refractivity contribution is -0.261. The van der Waals surface area contributed by atoms with Gasteiger partial charge < -0.3 is 10.1 Å². The Morgan fingerprint density at radius 1 is 1.12 bits per heavy atom. The number of nitrogens with one attached hydrogen (secondary N) is 1. The maximum absolute atomic E-state index is 13.2. The quantitative estimate of drug-likeness (QED) is 0.763. The van der Waals surface area contributed by atoms with E-state index in [1.165, 1.54) is 36.1 Å². The van der Waals surface area contributed by atoms with E-state index in [9.17, 15) is 4.79 Å². The van der Waals surface area contributed by atoms with Crippen molar-refractivity contribution in [2.45, 2.75) is 74.5 Å². The third-order valence-corrected chi connectivity index (χ3v) is 9.63. The molecule has 2 aromatic rings. The number of likely N-dealkylation sites (tertiary alicyclic amines) is 1. The van der Waals surface area contributed by atoms with Crippen LogP contribution in [0.2, 0.25) is 0 Å². The molecule has 5 fully saturated rings. The maximum Gasteiger partial charge on any atom is 0.251 e. The lowest BCUT2D eigenvalue weighted by Gasteiger charge is -2.71. The van der Waals surface area contributed by atoms with Crippen molar-refractivity contribution in [1.29, 1.82) is 0 Å². The smallest absolute Gasteiger partial charge is 0.251 e. The Bertz CT molecular complexity index is 1100. The third kappa shape index (κ3) is 2.86. The van der Waals surface area contributed by atoms with E-state index in [0.29, 0.717) is 12.6 Å². The first-order valence-electron chi connectivity index (χ1n) is 12.9.